The molecule has 1 aromatic carbocycles. The van der Waals surface area contributed by atoms with Gasteiger partial charge < -0.3 is 24.9 Å². The summed E-state index contributed by atoms with van der Waals surface area (Å²) in [7, 11) is 3.17. The number of aromatic amines is 1. The van der Waals surface area contributed by atoms with E-state index in [1.807, 2.05) is 13.0 Å². The summed E-state index contributed by atoms with van der Waals surface area (Å²) >= 11 is 0. The molecule has 0 saturated heterocycles. The Morgan fingerprint density at radius 3 is 2.65 bits per heavy atom. The van der Waals surface area contributed by atoms with Gasteiger partial charge >= 0.3 is 0 Å². The molecule has 1 aliphatic rings. The topological polar surface area (TPSA) is 82.4 Å². The summed E-state index contributed by atoms with van der Waals surface area (Å²) in [6.07, 6.45) is 0.0105. The van der Waals surface area contributed by atoms with Crippen molar-refractivity contribution in [3.8, 4) is 22.9 Å². The first-order chi connectivity index (χ1) is 9.63. The van der Waals surface area contributed by atoms with Crippen molar-refractivity contribution >= 4 is 5.69 Å². The van der Waals surface area contributed by atoms with E-state index in [9.17, 15) is 0 Å². The van der Waals surface area contributed by atoms with E-state index in [0.29, 0.717) is 23.8 Å². The van der Waals surface area contributed by atoms with E-state index in [-0.39, 0.29) is 6.10 Å². The van der Waals surface area contributed by atoms with Crippen molar-refractivity contribution in [3.05, 3.63) is 23.5 Å². The Labute approximate surface area is 116 Å². The Morgan fingerprint density at radius 2 is 2.00 bits per heavy atom. The third kappa shape index (κ3) is 1.89. The van der Waals surface area contributed by atoms with Gasteiger partial charge in [-0.2, -0.15) is 0 Å². The number of methoxy groups -OCH3 is 2. The first kappa shape index (κ1) is 12.8. The molecule has 0 fully saturated rings. The molecule has 2 heterocycles. The summed E-state index contributed by atoms with van der Waals surface area (Å²) < 4.78 is 16.0. The zero-order chi connectivity index (χ0) is 14.3. The largest absolute Gasteiger partial charge is 0.493 e. The van der Waals surface area contributed by atoms with Crippen LogP contribution in [0.15, 0.2) is 12.1 Å². The number of rotatable bonds is 3. The van der Waals surface area contributed by atoms with Crippen molar-refractivity contribution in [2.24, 2.45) is 0 Å². The molecule has 6 heteroatoms. The predicted molar refractivity (Wildman–Crippen MR) is 74.7 cm³/mol. The molecule has 2 aromatic rings. The molecule has 1 atom stereocenters. The maximum absolute atomic E-state index is 6.08. The first-order valence-corrected chi connectivity index (χ1v) is 6.36. The van der Waals surface area contributed by atoms with Gasteiger partial charge in [0.05, 0.1) is 38.3 Å². The standard InChI is InChI=1S/C14H17N3O3/c1-7-13-10(6-20-7)16-14(17-13)8-4-11(18-2)12(19-3)5-9(8)15/h4-5,7H,6,15H2,1-3H3,(H,16,17). The molecular weight excluding hydrogens is 258 g/mol. The lowest BCUT2D eigenvalue weighted by Gasteiger charge is -2.11. The molecule has 0 radical (unpaired) electrons. The van der Waals surface area contributed by atoms with Crippen LogP contribution in [0.5, 0.6) is 11.5 Å². The summed E-state index contributed by atoms with van der Waals surface area (Å²) in [5.41, 5.74) is 9.40. The molecule has 1 aliphatic heterocycles. The number of nitrogen functional groups attached to an aromatic ring is 1. The van der Waals surface area contributed by atoms with E-state index in [1.54, 1.807) is 20.3 Å². The maximum atomic E-state index is 6.08. The summed E-state index contributed by atoms with van der Waals surface area (Å²) in [4.78, 5) is 7.83. The molecule has 1 unspecified atom stereocenters. The molecule has 0 amide bonds. The van der Waals surface area contributed by atoms with Gasteiger partial charge in [-0.05, 0) is 13.0 Å². The van der Waals surface area contributed by atoms with Crippen LogP contribution in [0.3, 0.4) is 0 Å². The van der Waals surface area contributed by atoms with Gasteiger partial charge in [-0.25, -0.2) is 4.98 Å². The van der Waals surface area contributed by atoms with Crippen LogP contribution in [0.25, 0.3) is 11.4 Å². The molecule has 3 rings (SSSR count). The Balaban J connectivity index is 2.08. The monoisotopic (exact) mass is 275 g/mol. The normalized spacial score (nSPS) is 17.1. The molecule has 6 nitrogen and oxygen atoms in total. The van der Waals surface area contributed by atoms with Crippen LogP contribution in [0.2, 0.25) is 0 Å². The van der Waals surface area contributed by atoms with Crippen LogP contribution in [0.1, 0.15) is 24.4 Å². The third-order valence-corrected chi connectivity index (χ3v) is 3.48. The van der Waals surface area contributed by atoms with Crippen LogP contribution < -0.4 is 15.2 Å². The maximum Gasteiger partial charge on any atom is 0.162 e. The fraction of sp³-hybridized carbons (Fsp3) is 0.357. The van der Waals surface area contributed by atoms with Crippen molar-refractivity contribution < 1.29 is 14.2 Å². The lowest BCUT2D eigenvalue weighted by Crippen LogP contribution is -1.98. The highest BCUT2D eigenvalue weighted by molar-refractivity contribution is 5.76. The second-order valence-electron chi connectivity index (χ2n) is 4.70. The van der Waals surface area contributed by atoms with Gasteiger partial charge in [0, 0.05) is 17.3 Å². The molecule has 0 saturated carbocycles. The van der Waals surface area contributed by atoms with Crippen molar-refractivity contribution in [1.82, 2.24) is 9.97 Å². The summed E-state index contributed by atoms with van der Waals surface area (Å²) in [6, 6.07) is 3.56. The molecular formula is C14H17N3O3. The average molecular weight is 275 g/mol. The van der Waals surface area contributed by atoms with Crippen LogP contribution in [0, 0.1) is 0 Å². The number of H-pyrrole nitrogens is 1. The van der Waals surface area contributed by atoms with Gasteiger partial charge in [-0.15, -0.1) is 0 Å². The minimum Gasteiger partial charge on any atom is -0.493 e. The fourth-order valence-electron chi connectivity index (χ4n) is 2.38. The summed E-state index contributed by atoms with van der Waals surface area (Å²) in [5.74, 6) is 1.95. The van der Waals surface area contributed by atoms with E-state index in [1.165, 1.54) is 0 Å². The van der Waals surface area contributed by atoms with Gasteiger partial charge in [-0.3, -0.25) is 0 Å². The number of imidazole rings is 1. The van der Waals surface area contributed by atoms with Gasteiger partial charge in [0.25, 0.3) is 0 Å². The third-order valence-electron chi connectivity index (χ3n) is 3.48. The Kier molecular flexibility index (Phi) is 3.02. The van der Waals surface area contributed by atoms with Gasteiger partial charge in [0.15, 0.2) is 11.5 Å². The van der Waals surface area contributed by atoms with E-state index in [2.05, 4.69) is 9.97 Å². The highest BCUT2D eigenvalue weighted by Crippen LogP contribution is 2.38. The number of nitrogens with zero attached hydrogens (tertiary/aromatic N) is 1. The van der Waals surface area contributed by atoms with Crippen molar-refractivity contribution in [2.45, 2.75) is 19.6 Å². The van der Waals surface area contributed by atoms with E-state index in [4.69, 9.17) is 19.9 Å². The predicted octanol–water partition coefficient (Wildman–Crippen LogP) is 2.27. The molecule has 106 valence electrons. The number of hydrogen-bond acceptors (Lipinski definition) is 5. The average Bonchev–Trinajstić information content (AvgIpc) is 3.01. The summed E-state index contributed by atoms with van der Waals surface area (Å²) in [5, 5.41) is 0. The Morgan fingerprint density at radius 1 is 1.30 bits per heavy atom. The van der Waals surface area contributed by atoms with Crippen LogP contribution >= 0.6 is 0 Å². The number of hydrogen-bond donors (Lipinski definition) is 2. The number of anilines is 1. The van der Waals surface area contributed by atoms with Gasteiger partial charge in [-0.1, -0.05) is 0 Å². The van der Waals surface area contributed by atoms with Crippen molar-refractivity contribution in [2.75, 3.05) is 20.0 Å². The van der Waals surface area contributed by atoms with Crippen molar-refractivity contribution in [3.63, 3.8) is 0 Å². The minimum atomic E-state index is 0.0105. The molecule has 1 aromatic heterocycles. The number of benzene rings is 1. The quantitative estimate of drug-likeness (QED) is 0.840. The first-order valence-electron chi connectivity index (χ1n) is 6.36. The Bertz CT molecular complexity index is 651. The van der Waals surface area contributed by atoms with Crippen LogP contribution in [-0.2, 0) is 11.3 Å². The molecule has 0 aliphatic carbocycles. The lowest BCUT2D eigenvalue weighted by molar-refractivity contribution is 0.0762. The Hall–Kier alpha value is -2.21. The number of aromatic nitrogens is 2. The fourth-order valence-corrected chi connectivity index (χ4v) is 2.38. The SMILES string of the molecule is COc1cc(N)c(-c2nc3c([nH]2)COC3C)cc1OC. The summed E-state index contributed by atoms with van der Waals surface area (Å²) in [6.45, 7) is 2.53. The zero-order valence-electron chi connectivity index (χ0n) is 11.7. The van der Waals surface area contributed by atoms with E-state index < -0.39 is 0 Å². The number of fused-ring (bicyclic) bond motifs is 1. The minimum absolute atomic E-state index is 0.0105. The molecule has 0 spiro atoms. The second-order valence-corrected chi connectivity index (χ2v) is 4.70. The van der Waals surface area contributed by atoms with Gasteiger partial charge in [0.1, 0.15) is 5.82 Å². The number of nitrogens with two attached hydrogens (primary N) is 1. The van der Waals surface area contributed by atoms with E-state index >= 15 is 0 Å². The zero-order valence-corrected chi connectivity index (χ0v) is 11.7. The van der Waals surface area contributed by atoms with Crippen LogP contribution in [0.4, 0.5) is 5.69 Å². The van der Waals surface area contributed by atoms with Gasteiger partial charge in [0.2, 0.25) is 0 Å². The molecule has 3 N–H and O–H groups in total. The highest BCUT2D eigenvalue weighted by atomic mass is 16.5. The second kappa shape index (κ2) is 4.72. The highest BCUT2D eigenvalue weighted by Gasteiger charge is 2.25. The van der Waals surface area contributed by atoms with E-state index in [0.717, 1.165) is 22.8 Å². The smallest absolute Gasteiger partial charge is 0.162 e. The van der Waals surface area contributed by atoms with Crippen molar-refractivity contribution in [1.29, 1.82) is 0 Å². The number of ether oxygens (including phenoxy) is 3. The van der Waals surface area contributed by atoms with Crippen LogP contribution in [-0.4, -0.2) is 24.2 Å². The molecule has 20 heavy (non-hydrogen) atoms. The number of nitrogens with one attached hydrogen (secondary N) is 1. The lowest BCUT2D eigenvalue weighted by atomic mass is 10.1. The molecule has 0 bridgehead atoms.